The Hall–Kier alpha value is -3.15. The predicted molar refractivity (Wildman–Crippen MR) is 139 cm³/mol. The lowest BCUT2D eigenvalue weighted by atomic mass is 9.96. The Labute approximate surface area is 204 Å². The third-order valence-electron chi connectivity index (χ3n) is 6.27. The molecule has 3 heterocycles. The molecule has 5 rings (SSSR count). The van der Waals surface area contributed by atoms with Crippen molar-refractivity contribution in [1.29, 1.82) is 0 Å². The van der Waals surface area contributed by atoms with Crippen LogP contribution in [0.4, 0.5) is 5.69 Å². The summed E-state index contributed by atoms with van der Waals surface area (Å²) in [6.07, 6.45) is 1.83. The van der Waals surface area contributed by atoms with Crippen LogP contribution < -0.4 is 10.2 Å². The highest BCUT2D eigenvalue weighted by molar-refractivity contribution is 7.80. The molecule has 4 aromatic rings. The van der Waals surface area contributed by atoms with Gasteiger partial charge in [0.25, 0.3) is 0 Å². The molecular weight excluding hydrogens is 448 g/mol. The van der Waals surface area contributed by atoms with Crippen molar-refractivity contribution in [3.05, 3.63) is 112 Å². The second-order valence-corrected chi connectivity index (χ2v) is 9.30. The number of nitrogens with zero attached hydrogens (tertiary/aromatic N) is 3. The fraction of sp³-hybridized carbons (Fsp3) is 0.185. The Morgan fingerprint density at radius 2 is 1.70 bits per heavy atom. The van der Waals surface area contributed by atoms with Crippen molar-refractivity contribution in [2.24, 2.45) is 0 Å². The largest absolute Gasteiger partial charge is 0.351 e. The van der Waals surface area contributed by atoms with Crippen LogP contribution in [0.5, 0.6) is 0 Å². The summed E-state index contributed by atoms with van der Waals surface area (Å²) in [7, 11) is 0. The summed E-state index contributed by atoms with van der Waals surface area (Å²) < 4.78 is 2.26. The lowest BCUT2D eigenvalue weighted by Gasteiger charge is -2.28. The van der Waals surface area contributed by atoms with Crippen LogP contribution in [-0.4, -0.2) is 14.7 Å². The number of aryl methyl sites for hydroxylation is 2. The summed E-state index contributed by atoms with van der Waals surface area (Å²) >= 11 is 12.2. The minimum Gasteiger partial charge on any atom is -0.351 e. The number of rotatable bonds is 4. The molecule has 0 bridgehead atoms. The smallest absolute Gasteiger partial charge is 0.174 e. The van der Waals surface area contributed by atoms with Crippen LogP contribution in [0.3, 0.4) is 0 Å². The number of hydrogen-bond donors (Lipinski definition) is 1. The van der Waals surface area contributed by atoms with Crippen LogP contribution in [0, 0.1) is 20.8 Å². The van der Waals surface area contributed by atoms with Gasteiger partial charge in [0, 0.05) is 34.0 Å². The van der Waals surface area contributed by atoms with Crippen molar-refractivity contribution >= 4 is 34.6 Å². The standard InChI is InChI=1S/C27H25ClN4S/c1-17-10-12-21(13-11-17)32-26(25(30-27(32)33)24-9-4-5-14-29-24)23-15-18(2)31(19(23)3)22-8-6-7-20(28)16-22/h4-16,25-26H,1-3H3,(H,30,33). The quantitative estimate of drug-likeness (QED) is 0.338. The van der Waals surface area contributed by atoms with Crippen molar-refractivity contribution < 1.29 is 0 Å². The minimum atomic E-state index is -0.0756. The van der Waals surface area contributed by atoms with Gasteiger partial charge in [-0.3, -0.25) is 4.98 Å². The average Bonchev–Trinajstić information content (AvgIpc) is 3.30. The van der Waals surface area contributed by atoms with Gasteiger partial charge >= 0.3 is 0 Å². The maximum absolute atomic E-state index is 6.31. The summed E-state index contributed by atoms with van der Waals surface area (Å²) in [5.41, 5.74) is 7.80. The van der Waals surface area contributed by atoms with E-state index in [0.717, 1.165) is 33.5 Å². The van der Waals surface area contributed by atoms with Gasteiger partial charge in [0.2, 0.25) is 0 Å². The van der Waals surface area contributed by atoms with E-state index in [2.05, 4.69) is 83.0 Å². The number of benzene rings is 2. The molecule has 0 radical (unpaired) electrons. The van der Waals surface area contributed by atoms with Gasteiger partial charge in [0.1, 0.15) is 0 Å². The van der Waals surface area contributed by atoms with E-state index in [-0.39, 0.29) is 12.1 Å². The summed E-state index contributed by atoms with van der Waals surface area (Å²) in [5.74, 6) is 0. The maximum atomic E-state index is 6.31. The molecule has 0 aliphatic carbocycles. The zero-order valence-corrected chi connectivity index (χ0v) is 20.4. The molecule has 1 aliphatic rings. The van der Waals surface area contributed by atoms with Crippen LogP contribution >= 0.6 is 23.8 Å². The predicted octanol–water partition coefficient (Wildman–Crippen LogP) is 6.63. The lowest BCUT2D eigenvalue weighted by Crippen LogP contribution is -2.29. The Morgan fingerprint density at radius 3 is 2.39 bits per heavy atom. The highest BCUT2D eigenvalue weighted by Crippen LogP contribution is 2.43. The first kappa shape index (κ1) is 21.7. The normalized spacial score (nSPS) is 17.9. The summed E-state index contributed by atoms with van der Waals surface area (Å²) in [4.78, 5) is 6.89. The van der Waals surface area contributed by atoms with Crippen LogP contribution in [0.25, 0.3) is 5.69 Å². The Kier molecular flexibility index (Phi) is 5.69. The van der Waals surface area contributed by atoms with Gasteiger partial charge in [-0.2, -0.15) is 0 Å². The number of nitrogens with one attached hydrogen (secondary N) is 1. The highest BCUT2D eigenvalue weighted by atomic mass is 35.5. The molecule has 1 N–H and O–H groups in total. The first-order chi connectivity index (χ1) is 15.9. The summed E-state index contributed by atoms with van der Waals surface area (Å²) in [6.45, 7) is 6.38. The molecule has 6 heteroatoms. The number of hydrogen-bond acceptors (Lipinski definition) is 2. The number of anilines is 1. The molecule has 166 valence electrons. The first-order valence-electron chi connectivity index (χ1n) is 11.0. The van der Waals surface area contributed by atoms with E-state index < -0.39 is 0 Å². The molecule has 2 atom stereocenters. The van der Waals surface area contributed by atoms with Crippen molar-refractivity contribution in [2.45, 2.75) is 32.9 Å². The zero-order valence-electron chi connectivity index (χ0n) is 18.8. The van der Waals surface area contributed by atoms with E-state index in [0.29, 0.717) is 5.11 Å². The van der Waals surface area contributed by atoms with E-state index in [1.807, 2.05) is 36.5 Å². The van der Waals surface area contributed by atoms with E-state index in [1.54, 1.807) is 0 Å². The molecule has 1 fully saturated rings. The Morgan fingerprint density at radius 1 is 0.909 bits per heavy atom. The molecule has 0 amide bonds. The molecule has 0 saturated carbocycles. The second kappa shape index (κ2) is 8.65. The van der Waals surface area contributed by atoms with Crippen molar-refractivity contribution in [3.63, 3.8) is 0 Å². The first-order valence-corrected chi connectivity index (χ1v) is 11.7. The Balaban J connectivity index is 1.68. The van der Waals surface area contributed by atoms with Gasteiger partial charge in [-0.05, 0) is 87.1 Å². The molecule has 4 nitrogen and oxygen atoms in total. The third-order valence-corrected chi connectivity index (χ3v) is 6.82. The fourth-order valence-corrected chi connectivity index (χ4v) is 5.28. The molecule has 2 aromatic carbocycles. The van der Waals surface area contributed by atoms with E-state index >= 15 is 0 Å². The van der Waals surface area contributed by atoms with Crippen molar-refractivity contribution in [2.75, 3.05) is 4.90 Å². The van der Waals surface area contributed by atoms with Gasteiger partial charge in [-0.25, -0.2) is 0 Å². The van der Waals surface area contributed by atoms with Gasteiger partial charge in [0.15, 0.2) is 5.11 Å². The lowest BCUT2D eigenvalue weighted by molar-refractivity contribution is 0.565. The zero-order chi connectivity index (χ0) is 23.1. The van der Waals surface area contributed by atoms with E-state index in [1.165, 1.54) is 11.1 Å². The van der Waals surface area contributed by atoms with Gasteiger partial charge in [-0.1, -0.05) is 41.4 Å². The topological polar surface area (TPSA) is 33.1 Å². The molecule has 2 aromatic heterocycles. The van der Waals surface area contributed by atoms with E-state index in [4.69, 9.17) is 23.8 Å². The van der Waals surface area contributed by atoms with Crippen molar-refractivity contribution in [3.8, 4) is 5.69 Å². The monoisotopic (exact) mass is 472 g/mol. The number of aromatic nitrogens is 2. The number of pyridine rings is 1. The van der Waals surface area contributed by atoms with E-state index in [9.17, 15) is 0 Å². The SMILES string of the molecule is Cc1ccc(N2C(=S)NC(c3ccccn3)C2c2cc(C)n(-c3cccc(Cl)c3)c2C)cc1. The van der Waals surface area contributed by atoms with Crippen LogP contribution in [0.1, 0.15) is 40.3 Å². The summed E-state index contributed by atoms with van der Waals surface area (Å²) in [5, 5.41) is 4.97. The third kappa shape index (κ3) is 3.92. The van der Waals surface area contributed by atoms with Crippen molar-refractivity contribution in [1.82, 2.24) is 14.9 Å². The summed E-state index contributed by atoms with van der Waals surface area (Å²) in [6, 6.07) is 24.6. The average molecular weight is 473 g/mol. The van der Waals surface area contributed by atoms with Gasteiger partial charge in [-0.15, -0.1) is 0 Å². The molecule has 1 saturated heterocycles. The van der Waals surface area contributed by atoms with Gasteiger partial charge in [0.05, 0.1) is 17.8 Å². The Bertz CT molecular complexity index is 1310. The molecule has 1 aliphatic heterocycles. The number of halogens is 1. The molecular formula is C27H25ClN4S. The van der Waals surface area contributed by atoms with Gasteiger partial charge < -0.3 is 14.8 Å². The molecule has 2 unspecified atom stereocenters. The van der Waals surface area contributed by atoms with Crippen LogP contribution in [0.15, 0.2) is 79.0 Å². The second-order valence-electron chi connectivity index (χ2n) is 8.47. The maximum Gasteiger partial charge on any atom is 0.174 e. The van der Waals surface area contributed by atoms with Crippen LogP contribution in [0.2, 0.25) is 5.02 Å². The minimum absolute atomic E-state index is 0.0470. The highest BCUT2D eigenvalue weighted by Gasteiger charge is 2.42. The van der Waals surface area contributed by atoms with Crippen LogP contribution in [-0.2, 0) is 0 Å². The fourth-order valence-electron chi connectivity index (χ4n) is 4.75. The molecule has 0 spiro atoms. The number of thiocarbonyl (C=S) groups is 1. The molecule has 33 heavy (non-hydrogen) atoms.